The maximum Gasteiger partial charge on any atom is 0.117 e. The van der Waals surface area contributed by atoms with Gasteiger partial charge in [0.25, 0.3) is 0 Å². The molecule has 0 aliphatic carbocycles. The molecule has 19 heavy (non-hydrogen) atoms. The van der Waals surface area contributed by atoms with Crippen molar-refractivity contribution in [3.63, 3.8) is 0 Å². The molecule has 0 atom stereocenters. The summed E-state index contributed by atoms with van der Waals surface area (Å²) in [4.78, 5) is 0. The van der Waals surface area contributed by atoms with E-state index >= 15 is 0 Å². The number of nitrogens with zero attached hydrogens (tertiary/aromatic N) is 2. The van der Waals surface area contributed by atoms with Crippen molar-refractivity contribution in [2.75, 3.05) is 0 Å². The molecule has 0 spiro atoms. The number of hydrogen-bond donors (Lipinski definition) is 2. The topological polar surface area (TPSA) is 58.3 Å². The molecule has 1 heterocycles. The van der Waals surface area contributed by atoms with Gasteiger partial charge >= 0.3 is 0 Å². The molecule has 0 unspecified atom stereocenters. The number of fused-ring (bicyclic) bond motifs is 1. The third-order valence-electron chi connectivity index (χ3n) is 2.76. The summed E-state index contributed by atoms with van der Waals surface area (Å²) in [6, 6.07) is 9.73. The van der Waals surface area contributed by atoms with E-state index in [1.54, 1.807) is 35.0 Å². The molecule has 96 valence electrons. The minimum Gasteiger partial charge on any atom is -0.508 e. The molecule has 0 fully saturated rings. The maximum atomic E-state index is 9.53. The molecule has 3 aromatic rings. The zero-order valence-electron chi connectivity index (χ0n) is 9.51. The fourth-order valence-electron chi connectivity index (χ4n) is 1.87. The fraction of sp³-hybridized carbons (Fsp3) is 0. The van der Waals surface area contributed by atoms with Crippen LogP contribution in [-0.2, 0) is 0 Å². The van der Waals surface area contributed by atoms with Crippen LogP contribution >= 0.6 is 34.2 Å². The number of hydrogen-bond acceptors (Lipinski definition) is 3. The Bertz CT molecular complexity index is 786. The molecule has 0 saturated carbocycles. The lowest BCUT2D eigenvalue weighted by atomic mass is 10.2. The number of rotatable bonds is 1. The molecule has 0 aliphatic rings. The molecular weight excluding hydrogens is 379 g/mol. The summed E-state index contributed by atoms with van der Waals surface area (Å²) >= 11 is 8.27. The van der Waals surface area contributed by atoms with Gasteiger partial charge in [-0.2, -0.15) is 5.10 Å². The van der Waals surface area contributed by atoms with Gasteiger partial charge in [0.05, 0.1) is 16.2 Å². The van der Waals surface area contributed by atoms with Crippen molar-refractivity contribution in [1.29, 1.82) is 0 Å². The van der Waals surface area contributed by atoms with Gasteiger partial charge in [-0.3, -0.25) is 0 Å². The highest BCUT2D eigenvalue weighted by Crippen LogP contribution is 2.30. The van der Waals surface area contributed by atoms with E-state index in [-0.39, 0.29) is 11.5 Å². The number of aromatic hydroxyl groups is 2. The monoisotopic (exact) mass is 386 g/mol. The Balaban J connectivity index is 2.28. The molecule has 0 radical (unpaired) electrons. The summed E-state index contributed by atoms with van der Waals surface area (Å²) in [5.41, 5.74) is 1.45. The summed E-state index contributed by atoms with van der Waals surface area (Å²) in [5, 5.41) is 24.6. The van der Waals surface area contributed by atoms with Gasteiger partial charge in [0, 0.05) is 11.5 Å². The normalized spacial score (nSPS) is 11.1. The number of benzene rings is 2. The molecule has 6 heteroatoms. The van der Waals surface area contributed by atoms with Crippen LogP contribution in [0.4, 0.5) is 0 Å². The number of halogens is 2. The quantitative estimate of drug-likeness (QED) is 0.627. The van der Waals surface area contributed by atoms with E-state index < -0.39 is 0 Å². The highest BCUT2D eigenvalue weighted by atomic mass is 127. The smallest absolute Gasteiger partial charge is 0.117 e. The van der Waals surface area contributed by atoms with Crippen LogP contribution in [0.2, 0.25) is 5.02 Å². The zero-order valence-corrected chi connectivity index (χ0v) is 12.4. The third kappa shape index (κ3) is 2.12. The second-order valence-corrected chi connectivity index (χ2v) is 5.47. The Labute approximate surface area is 127 Å². The van der Waals surface area contributed by atoms with Gasteiger partial charge in [0.15, 0.2) is 0 Å². The van der Waals surface area contributed by atoms with Crippen molar-refractivity contribution in [3.05, 3.63) is 45.1 Å². The van der Waals surface area contributed by atoms with Crippen molar-refractivity contribution in [1.82, 2.24) is 9.78 Å². The lowest BCUT2D eigenvalue weighted by Gasteiger charge is -2.06. The van der Waals surface area contributed by atoms with E-state index in [4.69, 9.17) is 11.6 Å². The highest BCUT2D eigenvalue weighted by molar-refractivity contribution is 14.1. The predicted molar refractivity (Wildman–Crippen MR) is 82.1 cm³/mol. The lowest BCUT2D eigenvalue weighted by Crippen LogP contribution is -1.99. The summed E-state index contributed by atoms with van der Waals surface area (Å²) in [7, 11) is 0. The van der Waals surface area contributed by atoms with Crippen LogP contribution in [-0.4, -0.2) is 20.0 Å². The molecule has 2 N–H and O–H groups in total. The Morgan fingerprint density at radius 2 is 1.74 bits per heavy atom. The van der Waals surface area contributed by atoms with Crippen LogP contribution in [0.3, 0.4) is 0 Å². The second-order valence-electron chi connectivity index (χ2n) is 4.04. The zero-order chi connectivity index (χ0) is 13.6. The van der Waals surface area contributed by atoms with Crippen LogP contribution in [0.1, 0.15) is 0 Å². The summed E-state index contributed by atoms with van der Waals surface area (Å²) in [6.45, 7) is 0. The molecule has 0 aliphatic heterocycles. The molecule has 3 rings (SSSR count). The van der Waals surface area contributed by atoms with E-state index in [2.05, 4.69) is 27.7 Å². The minimum atomic E-state index is 0.109. The first-order chi connectivity index (χ1) is 9.06. The molecule has 4 nitrogen and oxygen atoms in total. The SMILES string of the molecule is Oc1ccc(-n2nc3ccc(O)cc3c2I)c(Cl)c1. The Morgan fingerprint density at radius 1 is 1.05 bits per heavy atom. The van der Waals surface area contributed by atoms with Crippen molar-refractivity contribution >= 4 is 45.1 Å². The van der Waals surface area contributed by atoms with Crippen LogP contribution in [0.5, 0.6) is 11.5 Å². The van der Waals surface area contributed by atoms with E-state index in [1.807, 2.05) is 0 Å². The predicted octanol–water partition coefficient (Wildman–Crippen LogP) is 3.69. The Hall–Kier alpha value is -1.47. The van der Waals surface area contributed by atoms with Gasteiger partial charge in [-0.05, 0) is 52.9 Å². The summed E-state index contributed by atoms with van der Waals surface area (Å²) in [5.74, 6) is 0.305. The van der Waals surface area contributed by atoms with Gasteiger partial charge in [-0.25, -0.2) is 4.68 Å². The van der Waals surface area contributed by atoms with Crippen molar-refractivity contribution < 1.29 is 10.2 Å². The third-order valence-corrected chi connectivity index (χ3v) is 4.10. The van der Waals surface area contributed by atoms with Crippen molar-refractivity contribution in [2.24, 2.45) is 0 Å². The second kappa shape index (κ2) is 4.57. The average Bonchev–Trinajstić information content (AvgIpc) is 2.67. The highest BCUT2D eigenvalue weighted by Gasteiger charge is 2.13. The Morgan fingerprint density at radius 3 is 2.47 bits per heavy atom. The molecule has 0 bridgehead atoms. The van der Waals surface area contributed by atoms with Crippen molar-refractivity contribution in [3.8, 4) is 17.2 Å². The molecule has 1 aromatic heterocycles. The van der Waals surface area contributed by atoms with Crippen molar-refractivity contribution in [2.45, 2.75) is 0 Å². The van der Waals surface area contributed by atoms with Gasteiger partial charge in [-0.1, -0.05) is 11.6 Å². The minimum absolute atomic E-state index is 0.109. The number of phenols is 2. The summed E-state index contributed by atoms with van der Waals surface area (Å²) in [6.07, 6.45) is 0. The number of phenolic OH excluding ortho intramolecular Hbond substituents is 2. The first-order valence-electron chi connectivity index (χ1n) is 5.42. The molecule has 2 aromatic carbocycles. The summed E-state index contributed by atoms with van der Waals surface area (Å²) < 4.78 is 2.53. The first kappa shape index (κ1) is 12.6. The molecule has 0 amide bonds. The van der Waals surface area contributed by atoms with E-state index in [1.165, 1.54) is 6.07 Å². The van der Waals surface area contributed by atoms with Gasteiger partial charge in [0.1, 0.15) is 15.2 Å². The first-order valence-corrected chi connectivity index (χ1v) is 6.88. The lowest BCUT2D eigenvalue weighted by molar-refractivity contribution is 0.475. The largest absolute Gasteiger partial charge is 0.508 e. The van der Waals surface area contributed by atoms with Crippen LogP contribution in [0.15, 0.2) is 36.4 Å². The van der Waals surface area contributed by atoms with E-state index in [9.17, 15) is 10.2 Å². The average molecular weight is 387 g/mol. The standard InChI is InChI=1S/C13H8ClIN2O2/c14-10-6-8(19)2-4-12(10)17-13(15)9-5-7(18)1-3-11(9)16-17/h1-6,18-19H. The molecular formula is C13H8ClIN2O2. The van der Waals surface area contributed by atoms with Gasteiger partial charge in [0.2, 0.25) is 0 Å². The van der Waals surface area contributed by atoms with Gasteiger partial charge < -0.3 is 10.2 Å². The maximum absolute atomic E-state index is 9.53. The van der Waals surface area contributed by atoms with Crippen LogP contribution in [0.25, 0.3) is 16.6 Å². The molecule has 0 saturated heterocycles. The van der Waals surface area contributed by atoms with Crippen LogP contribution in [0, 0.1) is 3.70 Å². The van der Waals surface area contributed by atoms with E-state index in [0.717, 1.165) is 14.6 Å². The number of aromatic nitrogens is 2. The Kier molecular flexibility index (Phi) is 3.02. The van der Waals surface area contributed by atoms with Crippen LogP contribution < -0.4 is 0 Å². The van der Waals surface area contributed by atoms with Gasteiger partial charge in [-0.15, -0.1) is 0 Å². The fourth-order valence-corrected chi connectivity index (χ4v) is 2.92. The van der Waals surface area contributed by atoms with E-state index in [0.29, 0.717) is 10.7 Å².